The second-order valence-electron chi connectivity index (χ2n) is 7.08. The van der Waals surface area contributed by atoms with E-state index in [2.05, 4.69) is 28.1 Å². The maximum Gasteiger partial charge on any atom is 0.266 e. The van der Waals surface area contributed by atoms with Crippen LogP contribution in [0.4, 0.5) is 5.69 Å². The predicted molar refractivity (Wildman–Crippen MR) is 112 cm³/mol. The Morgan fingerprint density at radius 1 is 1.11 bits per heavy atom. The van der Waals surface area contributed by atoms with Crippen molar-refractivity contribution in [3.8, 4) is 16.2 Å². The SMILES string of the molecule is N[C@@H]1CCN(c2ccc3[nH]c(=O)c4sc(-c5ccc(O)cc5)cc4c3c2)C1. The average Bonchev–Trinajstić information content (AvgIpc) is 3.29. The summed E-state index contributed by atoms with van der Waals surface area (Å²) in [5.74, 6) is 0.233. The van der Waals surface area contributed by atoms with E-state index < -0.39 is 0 Å². The van der Waals surface area contributed by atoms with Crippen molar-refractivity contribution in [2.75, 3.05) is 18.0 Å². The van der Waals surface area contributed by atoms with Crippen molar-refractivity contribution >= 4 is 38.0 Å². The van der Waals surface area contributed by atoms with Crippen LogP contribution in [0.1, 0.15) is 6.42 Å². The molecular weight excluding hydrogens is 358 g/mol. The van der Waals surface area contributed by atoms with E-state index in [1.807, 2.05) is 18.2 Å². The molecule has 136 valence electrons. The first-order chi connectivity index (χ1) is 13.1. The largest absolute Gasteiger partial charge is 0.508 e. The molecule has 6 heteroatoms. The molecule has 1 fully saturated rings. The van der Waals surface area contributed by atoms with Gasteiger partial charge in [0.2, 0.25) is 0 Å². The van der Waals surface area contributed by atoms with Gasteiger partial charge in [-0.2, -0.15) is 0 Å². The van der Waals surface area contributed by atoms with Gasteiger partial charge in [0.15, 0.2) is 0 Å². The van der Waals surface area contributed by atoms with Crippen LogP contribution in [-0.4, -0.2) is 29.2 Å². The van der Waals surface area contributed by atoms with Gasteiger partial charge >= 0.3 is 0 Å². The van der Waals surface area contributed by atoms with Crippen molar-refractivity contribution in [2.45, 2.75) is 12.5 Å². The number of hydrogen-bond acceptors (Lipinski definition) is 5. The van der Waals surface area contributed by atoms with Crippen LogP contribution < -0.4 is 16.2 Å². The topological polar surface area (TPSA) is 82.3 Å². The number of anilines is 1. The molecule has 1 atom stereocenters. The van der Waals surface area contributed by atoms with Crippen LogP contribution in [0.3, 0.4) is 0 Å². The fourth-order valence-electron chi connectivity index (χ4n) is 3.79. The summed E-state index contributed by atoms with van der Waals surface area (Å²) in [5.41, 5.74) is 8.96. The molecule has 1 saturated heterocycles. The average molecular weight is 377 g/mol. The van der Waals surface area contributed by atoms with Crippen LogP contribution in [-0.2, 0) is 0 Å². The molecule has 0 radical (unpaired) electrons. The molecule has 5 rings (SSSR count). The zero-order valence-electron chi connectivity index (χ0n) is 14.6. The van der Waals surface area contributed by atoms with E-state index in [0.29, 0.717) is 0 Å². The first-order valence-corrected chi connectivity index (χ1v) is 9.80. The van der Waals surface area contributed by atoms with Gasteiger partial charge < -0.3 is 20.7 Å². The van der Waals surface area contributed by atoms with Crippen molar-refractivity contribution in [1.29, 1.82) is 0 Å². The number of rotatable bonds is 2. The van der Waals surface area contributed by atoms with Gasteiger partial charge in [0.25, 0.3) is 5.56 Å². The van der Waals surface area contributed by atoms with Crippen molar-refractivity contribution in [1.82, 2.24) is 4.98 Å². The fraction of sp³-hybridized carbons (Fsp3) is 0.190. The highest BCUT2D eigenvalue weighted by Gasteiger charge is 2.20. The molecule has 2 aromatic carbocycles. The smallest absolute Gasteiger partial charge is 0.266 e. The van der Waals surface area contributed by atoms with Gasteiger partial charge in [-0.1, -0.05) is 0 Å². The zero-order chi connectivity index (χ0) is 18.5. The summed E-state index contributed by atoms with van der Waals surface area (Å²) < 4.78 is 0.723. The minimum Gasteiger partial charge on any atom is -0.508 e. The van der Waals surface area contributed by atoms with Gasteiger partial charge in [-0.25, -0.2) is 0 Å². The summed E-state index contributed by atoms with van der Waals surface area (Å²) in [4.78, 5) is 18.9. The number of aromatic amines is 1. The van der Waals surface area contributed by atoms with Crippen molar-refractivity contribution in [3.63, 3.8) is 0 Å². The highest BCUT2D eigenvalue weighted by molar-refractivity contribution is 7.22. The number of hydrogen-bond donors (Lipinski definition) is 3. The van der Waals surface area contributed by atoms with Crippen LogP contribution >= 0.6 is 11.3 Å². The second-order valence-corrected chi connectivity index (χ2v) is 8.13. The van der Waals surface area contributed by atoms with E-state index >= 15 is 0 Å². The molecule has 27 heavy (non-hydrogen) atoms. The number of phenolic OH excluding ortho intramolecular Hbond substituents is 1. The molecule has 0 unspecified atom stereocenters. The lowest BCUT2D eigenvalue weighted by Gasteiger charge is -2.18. The van der Waals surface area contributed by atoms with E-state index in [-0.39, 0.29) is 17.4 Å². The molecule has 3 heterocycles. The maximum absolute atomic E-state index is 12.6. The maximum atomic E-state index is 12.6. The van der Waals surface area contributed by atoms with Crippen molar-refractivity contribution < 1.29 is 5.11 Å². The Balaban J connectivity index is 1.69. The summed E-state index contributed by atoms with van der Waals surface area (Å²) in [7, 11) is 0. The highest BCUT2D eigenvalue weighted by Crippen LogP contribution is 2.36. The number of benzene rings is 2. The van der Waals surface area contributed by atoms with Gasteiger partial charge in [-0.15, -0.1) is 11.3 Å². The third-order valence-corrected chi connectivity index (χ3v) is 6.40. The number of phenols is 1. The van der Waals surface area contributed by atoms with E-state index in [4.69, 9.17) is 5.73 Å². The number of thiophene rings is 1. The normalized spacial score (nSPS) is 17.2. The molecule has 0 spiro atoms. The lowest BCUT2D eigenvalue weighted by Crippen LogP contribution is -2.26. The quantitative estimate of drug-likeness (QED) is 0.498. The fourth-order valence-corrected chi connectivity index (χ4v) is 4.86. The minimum atomic E-state index is -0.0662. The summed E-state index contributed by atoms with van der Waals surface area (Å²) in [6.45, 7) is 1.82. The Bertz CT molecular complexity index is 1210. The molecule has 0 aliphatic carbocycles. The molecule has 1 aliphatic rings. The van der Waals surface area contributed by atoms with Gasteiger partial charge in [0.1, 0.15) is 10.4 Å². The molecule has 0 amide bonds. The predicted octanol–water partition coefficient (Wildman–Crippen LogP) is 3.65. The second kappa shape index (κ2) is 6.11. The molecule has 0 bridgehead atoms. The Kier molecular flexibility index (Phi) is 3.70. The number of aromatic hydroxyl groups is 1. The molecule has 2 aromatic heterocycles. The number of aromatic nitrogens is 1. The van der Waals surface area contributed by atoms with E-state index in [1.54, 1.807) is 12.1 Å². The molecular formula is C21H19N3O2S. The first kappa shape index (κ1) is 16.4. The van der Waals surface area contributed by atoms with Crippen LogP contribution in [0.15, 0.2) is 53.3 Å². The number of fused-ring (bicyclic) bond motifs is 3. The molecule has 0 saturated carbocycles. The van der Waals surface area contributed by atoms with Gasteiger partial charge in [0, 0.05) is 46.0 Å². The molecule has 1 aliphatic heterocycles. The van der Waals surface area contributed by atoms with Gasteiger partial charge in [-0.3, -0.25) is 4.79 Å². The van der Waals surface area contributed by atoms with Crippen molar-refractivity contribution in [3.05, 3.63) is 58.9 Å². The standard InChI is InChI=1S/C21H19N3O2S/c22-13-7-8-24(11-13)14-3-6-18-16(9-14)17-10-19(27-20(17)21(26)23-18)12-1-4-15(25)5-2-12/h1-6,9-10,13,25H,7-8,11,22H2,(H,23,26)/t13-/m1/s1. The molecule has 4 aromatic rings. The Hall–Kier alpha value is -2.83. The number of nitrogens with two attached hydrogens (primary N) is 1. The summed E-state index contributed by atoms with van der Waals surface area (Å²) in [6.07, 6.45) is 1.00. The number of pyridine rings is 1. The van der Waals surface area contributed by atoms with E-state index in [0.717, 1.165) is 56.6 Å². The Labute approximate surface area is 159 Å². The van der Waals surface area contributed by atoms with E-state index in [1.165, 1.54) is 11.3 Å². The van der Waals surface area contributed by atoms with Crippen molar-refractivity contribution in [2.24, 2.45) is 5.73 Å². The first-order valence-electron chi connectivity index (χ1n) is 8.98. The van der Waals surface area contributed by atoms with E-state index in [9.17, 15) is 9.90 Å². The Morgan fingerprint density at radius 3 is 2.67 bits per heavy atom. The lowest BCUT2D eigenvalue weighted by molar-refractivity contribution is 0.475. The summed E-state index contributed by atoms with van der Waals surface area (Å²) >= 11 is 1.48. The van der Waals surface area contributed by atoms with Gasteiger partial charge in [0.05, 0.1) is 0 Å². The number of H-pyrrole nitrogens is 1. The van der Waals surface area contributed by atoms with Crippen LogP contribution in [0, 0.1) is 0 Å². The Morgan fingerprint density at radius 2 is 1.93 bits per heavy atom. The summed E-state index contributed by atoms with van der Waals surface area (Å²) in [6, 6.07) is 15.5. The number of nitrogens with one attached hydrogen (secondary N) is 1. The third kappa shape index (κ3) is 2.78. The summed E-state index contributed by atoms with van der Waals surface area (Å²) in [5, 5.41) is 11.5. The van der Waals surface area contributed by atoms with Crippen LogP contribution in [0.2, 0.25) is 0 Å². The van der Waals surface area contributed by atoms with Crippen LogP contribution in [0.25, 0.3) is 31.4 Å². The van der Waals surface area contributed by atoms with Crippen LogP contribution in [0.5, 0.6) is 5.75 Å². The zero-order valence-corrected chi connectivity index (χ0v) is 15.4. The lowest BCUT2D eigenvalue weighted by atomic mass is 10.1. The molecule has 5 nitrogen and oxygen atoms in total. The monoisotopic (exact) mass is 377 g/mol. The minimum absolute atomic E-state index is 0.0662. The molecule has 4 N–H and O–H groups in total. The van der Waals surface area contributed by atoms with Gasteiger partial charge in [-0.05, 0) is 60.5 Å². The third-order valence-electron chi connectivity index (χ3n) is 5.22. The number of nitrogens with zero attached hydrogens (tertiary/aromatic N) is 1. The highest BCUT2D eigenvalue weighted by atomic mass is 32.1.